The van der Waals surface area contributed by atoms with Crippen LogP contribution < -0.4 is 0 Å². The third kappa shape index (κ3) is 1.79. The first kappa shape index (κ1) is 13.4. The van der Waals surface area contributed by atoms with Crippen molar-refractivity contribution in [2.24, 2.45) is 0 Å². The van der Waals surface area contributed by atoms with Crippen LogP contribution in [0.4, 0.5) is 26.3 Å². The second kappa shape index (κ2) is 2.97. The first-order valence-corrected chi connectivity index (χ1v) is 3.97. The summed E-state index contributed by atoms with van der Waals surface area (Å²) < 4.78 is 98.4. The lowest BCUT2D eigenvalue weighted by molar-refractivity contribution is -0.332. The predicted octanol–water partition coefficient (Wildman–Crippen LogP) is 0.345. The fourth-order valence-electron chi connectivity index (χ4n) is 0.444. The van der Waals surface area contributed by atoms with Gasteiger partial charge in [0.25, 0.3) is 0 Å². The summed E-state index contributed by atoms with van der Waals surface area (Å²) in [6, 6.07) is 0. The Labute approximate surface area is 72.9 Å². The summed E-state index contributed by atoms with van der Waals surface area (Å²) in [6.07, 6.45) is -13.3. The number of rotatable bonds is 1. The second-order valence-electron chi connectivity index (χ2n) is 2.09. The smallest absolute Gasteiger partial charge is 0.440 e. The highest BCUT2D eigenvalue weighted by atomic mass is 32.2. The zero-order valence-corrected chi connectivity index (χ0v) is 6.66. The fraction of sp³-hybridized carbons (Fsp3) is 1.00. The highest BCUT2D eigenvalue weighted by Crippen LogP contribution is 2.45. The molecule has 0 rings (SSSR count). The summed E-state index contributed by atoms with van der Waals surface area (Å²) in [4.78, 5) is -6.27. The molecule has 0 aromatic rings. The molecule has 0 aliphatic heterocycles. The van der Waals surface area contributed by atoms with Gasteiger partial charge < -0.3 is 9.66 Å². The molecule has 14 heavy (non-hydrogen) atoms. The van der Waals surface area contributed by atoms with Gasteiger partial charge in [-0.15, -0.1) is 0 Å². The number of halogens is 6. The molecular formula is C3HF6O4S-. The SMILES string of the molecule is O=S(=O)([O-])C(O)(C(F)(F)F)C(F)(F)F. The summed E-state index contributed by atoms with van der Waals surface area (Å²) in [5.41, 5.74) is 0. The van der Waals surface area contributed by atoms with E-state index in [4.69, 9.17) is 5.11 Å². The molecule has 4 nitrogen and oxygen atoms in total. The summed E-state index contributed by atoms with van der Waals surface area (Å²) in [5.74, 6) is 0. The van der Waals surface area contributed by atoms with Crippen LogP contribution in [0.25, 0.3) is 0 Å². The van der Waals surface area contributed by atoms with Crippen molar-refractivity contribution in [3.8, 4) is 0 Å². The van der Waals surface area contributed by atoms with Crippen molar-refractivity contribution < 1.29 is 44.4 Å². The van der Waals surface area contributed by atoms with Gasteiger partial charge in [-0.1, -0.05) is 0 Å². The van der Waals surface area contributed by atoms with E-state index in [9.17, 15) is 39.3 Å². The normalized spacial score (nSPS) is 15.7. The van der Waals surface area contributed by atoms with E-state index in [-0.39, 0.29) is 0 Å². The molecule has 0 saturated heterocycles. The van der Waals surface area contributed by atoms with Gasteiger partial charge in [0.1, 0.15) is 10.1 Å². The van der Waals surface area contributed by atoms with Crippen LogP contribution in [0.15, 0.2) is 0 Å². The molecule has 0 bridgehead atoms. The van der Waals surface area contributed by atoms with Gasteiger partial charge in [0.2, 0.25) is 0 Å². The number of alkyl halides is 6. The van der Waals surface area contributed by atoms with Gasteiger partial charge in [0, 0.05) is 0 Å². The molecule has 0 aromatic heterocycles. The molecule has 0 radical (unpaired) electrons. The Morgan fingerprint density at radius 3 is 1.14 bits per heavy atom. The van der Waals surface area contributed by atoms with E-state index in [1.807, 2.05) is 0 Å². The maximum Gasteiger partial charge on any atom is 0.440 e. The van der Waals surface area contributed by atoms with Crippen LogP contribution in [0.3, 0.4) is 0 Å². The molecule has 0 fully saturated rings. The Morgan fingerprint density at radius 2 is 1.14 bits per heavy atom. The van der Waals surface area contributed by atoms with Gasteiger partial charge in [-0.3, -0.25) is 0 Å². The predicted molar refractivity (Wildman–Crippen MR) is 26.8 cm³/mol. The first-order valence-electron chi connectivity index (χ1n) is 2.56. The van der Waals surface area contributed by atoms with Crippen LogP contribution in [-0.4, -0.2) is 35.4 Å². The van der Waals surface area contributed by atoms with Crippen molar-refractivity contribution >= 4 is 10.1 Å². The van der Waals surface area contributed by atoms with Crippen molar-refractivity contribution in [3.63, 3.8) is 0 Å². The van der Waals surface area contributed by atoms with E-state index in [1.54, 1.807) is 0 Å². The van der Waals surface area contributed by atoms with Gasteiger partial charge >= 0.3 is 17.3 Å². The van der Waals surface area contributed by atoms with Gasteiger partial charge in [-0.2, -0.15) is 26.3 Å². The van der Waals surface area contributed by atoms with Gasteiger partial charge in [-0.05, 0) is 0 Å². The van der Waals surface area contributed by atoms with Crippen LogP contribution in [0.1, 0.15) is 0 Å². The Morgan fingerprint density at radius 1 is 0.929 bits per heavy atom. The lowest BCUT2D eigenvalue weighted by Gasteiger charge is -2.33. The zero-order valence-electron chi connectivity index (χ0n) is 5.85. The fourth-order valence-corrected chi connectivity index (χ4v) is 1.01. The van der Waals surface area contributed by atoms with Crippen molar-refractivity contribution in [1.29, 1.82) is 0 Å². The van der Waals surface area contributed by atoms with E-state index in [0.29, 0.717) is 0 Å². The minimum Gasteiger partial charge on any atom is -0.745 e. The topological polar surface area (TPSA) is 77.4 Å². The van der Waals surface area contributed by atoms with Gasteiger partial charge in [-0.25, -0.2) is 8.42 Å². The average Bonchev–Trinajstić information content (AvgIpc) is 1.77. The van der Waals surface area contributed by atoms with Crippen LogP contribution in [0, 0.1) is 0 Å². The summed E-state index contributed by atoms with van der Waals surface area (Å²) in [5, 5.41) is 7.87. The molecule has 0 atom stereocenters. The average molecular weight is 247 g/mol. The van der Waals surface area contributed by atoms with Crippen molar-refractivity contribution in [1.82, 2.24) is 0 Å². The highest BCUT2D eigenvalue weighted by Gasteiger charge is 2.75. The van der Waals surface area contributed by atoms with E-state index in [0.717, 1.165) is 0 Å². The van der Waals surface area contributed by atoms with Crippen molar-refractivity contribution in [2.75, 3.05) is 0 Å². The third-order valence-electron chi connectivity index (χ3n) is 1.13. The lowest BCUT2D eigenvalue weighted by Crippen LogP contribution is -2.61. The van der Waals surface area contributed by atoms with Crippen LogP contribution >= 0.6 is 0 Å². The molecule has 0 spiro atoms. The molecule has 0 amide bonds. The molecule has 0 unspecified atom stereocenters. The van der Waals surface area contributed by atoms with E-state index in [2.05, 4.69) is 0 Å². The number of hydrogen-bond acceptors (Lipinski definition) is 4. The maximum absolute atomic E-state index is 11.5. The monoisotopic (exact) mass is 247 g/mol. The number of aliphatic hydroxyl groups is 1. The highest BCUT2D eigenvalue weighted by molar-refractivity contribution is 7.87. The van der Waals surface area contributed by atoms with Crippen LogP contribution in [-0.2, 0) is 10.1 Å². The molecule has 0 aliphatic rings. The molecular weight excluding hydrogens is 246 g/mol. The van der Waals surface area contributed by atoms with Crippen molar-refractivity contribution in [2.45, 2.75) is 17.3 Å². The molecule has 1 N–H and O–H groups in total. The van der Waals surface area contributed by atoms with Crippen LogP contribution in [0.5, 0.6) is 0 Å². The second-order valence-corrected chi connectivity index (χ2v) is 3.59. The Bertz CT molecular complexity index is 297. The molecule has 86 valence electrons. The molecule has 11 heteroatoms. The van der Waals surface area contributed by atoms with E-state index in [1.165, 1.54) is 0 Å². The van der Waals surface area contributed by atoms with E-state index >= 15 is 0 Å². The maximum atomic E-state index is 11.5. The van der Waals surface area contributed by atoms with E-state index < -0.39 is 27.4 Å². The van der Waals surface area contributed by atoms with Crippen LogP contribution in [0.2, 0.25) is 0 Å². The lowest BCUT2D eigenvalue weighted by atomic mass is 10.3. The van der Waals surface area contributed by atoms with Gasteiger partial charge in [0.05, 0.1) is 0 Å². The first-order chi connectivity index (χ1) is 5.75. The minimum absolute atomic E-state index is 6.27. The molecule has 0 aliphatic carbocycles. The zero-order chi connectivity index (χ0) is 12.0. The molecule has 0 heterocycles. The summed E-state index contributed by atoms with van der Waals surface area (Å²) in [6.45, 7) is 0. The third-order valence-corrected chi connectivity index (χ3v) is 2.32. The molecule has 0 saturated carbocycles. The minimum atomic E-state index is -7.02. The largest absolute Gasteiger partial charge is 0.745 e. The standard InChI is InChI=1S/C3H2F6O4S/c4-2(5,6)1(10,3(7,8)9)14(11,12)13/h10H,(H,11,12,13)/p-1. The summed E-state index contributed by atoms with van der Waals surface area (Å²) >= 11 is 0. The Kier molecular flexibility index (Phi) is 2.85. The summed E-state index contributed by atoms with van der Waals surface area (Å²) in [7, 11) is -7.02. The molecule has 0 aromatic carbocycles. The van der Waals surface area contributed by atoms with Crippen molar-refractivity contribution in [3.05, 3.63) is 0 Å². The number of hydrogen-bond donors (Lipinski definition) is 1. The van der Waals surface area contributed by atoms with Gasteiger partial charge in [0.15, 0.2) is 0 Å². The Hall–Kier alpha value is -0.550. The Balaban J connectivity index is 5.81. The quantitative estimate of drug-likeness (QED) is 0.535.